The first kappa shape index (κ1) is 16.9. The zero-order valence-corrected chi connectivity index (χ0v) is 14.0. The van der Waals surface area contributed by atoms with Crippen molar-refractivity contribution in [1.82, 2.24) is 20.2 Å². The summed E-state index contributed by atoms with van der Waals surface area (Å²) in [7, 11) is 0. The molecule has 0 bridgehead atoms. The molecular formula is C16H20N6O3. The summed E-state index contributed by atoms with van der Waals surface area (Å²) in [5.74, 6) is -0.952. The molecule has 1 aromatic carbocycles. The number of nitrogens with zero attached hydrogens (tertiary/aromatic N) is 5. The molecule has 25 heavy (non-hydrogen) atoms. The largest absolute Gasteiger partial charge is 0.466 e. The van der Waals surface area contributed by atoms with E-state index in [1.165, 1.54) is 11.0 Å². The number of tetrazole rings is 1. The number of carbonyl (C=O) groups excluding carboxylic acids is 2. The maximum atomic E-state index is 12.2. The van der Waals surface area contributed by atoms with Crippen LogP contribution in [-0.4, -0.2) is 51.8 Å². The van der Waals surface area contributed by atoms with E-state index in [1.54, 1.807) is 13.0 Å². The highest BCUT2D eigenvalue weighted by Gasteiger charge is 2.19. The molecule has 132 valence electrons. The lowest BCUT2D eigenvalue weighted by molar-refractivity contribution is -0.145. The molecule has 2 heterocycles. The van der Waals surface area contributed by atoms with Crippen LogP contribution >= 0.6 is 0 Å². The summed E-state index contributed by atoms with van der Waals surface area (Å²) in [4.78, 5) is 25.9. The Labute approximate surface area is 144 Å². The number of nitrogens with one attached hydrogen (secondary N) is 1. The molecule has 1 aliphatic rings. The maximum Gasteiger partial charge on any atom is 0.315 e. The van der Waals surface area contributed by atoms with Crippen LogP contribution in [0.1, 0.15) is 26.2 Å². The molecule has 9 nitrogen and oxygen atoms in total. The van der Waals surface area contributed by atoms with E-state index in [9.17, 15) is 9.59 Å². The molecule has 1 N–H and O–H groups in total. The molecule has 0 saturated carbocycles. The number of amides is 1. The van der Waals surface area contributed by atoms with Gasteiger partial charge in [0.2, 0.25) is 5.91 Å². The number of benzene rings is 1. The predicted octanol–water partition coefficient (Wildman–Crippen LogP) is 1.15. The van der Waals surface area contributed by atoms with Crippen molar-refractivity contribution in [3.05, 3.63) is 24.5 Å². The number of esters is 1. The van der Waals surface area contributed by atoms with Gasteiger partial charge in [0.15, 0.2) is 0 Å². The molecule has 1 fully saturated rings. The Morgan fingerprint density at radius 2 is 2.08 bits per heavy atom. The number of hydrogen-bond donors (Lipinski definition) is 1. The minimum atomic E-state index is -0.542. The van der Waals surface area contributed by atoms with Gasteiger partial charge in [0, 0.05) is 13.1 Å². The van der Waals surface area contributed by atoms with Gasteiger partial charge in [-0.2, -0.15) is 0 Å². The van der Waals surface area contributed by atoms with Crippen molar-refractivity contribution in [2.24, 2.45) is 0 Å². The lowest BCUT2D eigenvalue weighted by Crippen LogP contribution is -2.23. The summed E-state index contributed by atoms with van der Waals surface area (Å²) >= 11 is 0. The van der Waals surface area contributed by atoms with E-state index in [4.69, 9.17) is 4.74 Å². The molecule has 1 amide bonds. The average Bonchev–Trinajstić information content (AvgIpc) is 3.29. The number of anilines is 2. The summed E-state index contributed by atoms with van der Waals surface area (Å²) in [6.07, 6.45) is 3.40. The highest BCUT2D eigenvalue weighted by Crippen LogP contribution is 2.31. The quantitative estimate of drug-likeness (QED) is 0.619. The summed E-state index contributed by atoms with van der Waals surface area (Å²) in [5, 5.41) is 13.9. The maximum absolute atomic E-state index is 12.2. The summed E-state index contributed by atoms with van der Waals surface area (Å²) in [6, 6.07) is 5.63. The summed E-state index contributed by atoms with van der Waals surface area (Å²) in [6.45, 7) is 3.83. The zero-order valence-electron chi connectivity index (χ0n) is 14.0. The third-order valence-electron chi connectivity index (χ3n) is 3.92. The van der Waals surface area contributed by atoms with E-state index >= 15 is 0 Å². The number of carbonyl (C=O) groups is 2. The Morgan fingerprint density at radius 1 is 1.28 bits per heavy atom. The van der Waals surface area contributed by atoms with E-state index in [2.05, 4.69) is 25.7 Å². The monoisotopic (exact) mass is 344 g/mol. The van der Waals surface area contributed by atoms with Gasteiger partial charge in [-0.05, 0) is 48.4 Å². The topological polar surface area (TPSA) is 102 Å². The minimum Gasteiger partial charge on any atom is -0.466 e. The number of hydrogen-bond acceptors (Lipinski definition) is 7. The van der Waals surface area contributed by atoms with Crippen molar-refractivity contribution in [1.29, 1.82) is 0 Å². The first-order valence-electron chi connectivity index (χ1n) is 8.25. The van der Waals surface area contributed by atoms with Crippen molar-refractivity contribution in [2.75, 3.05) is 29.9 Å². The van der Waals surface area contributed by atoms with E-state index in [1.807, 2.05) is 12.1 Å². The molecule has 0 aliphatic carbocycles. The predicted molar refractivity (Wildman–Crippen MR) is 90.5 cm³/mol. The van der Waals surface area contributed by atoms with Gasteiger partial charge in [-0.3, -0.25) is 9.59 Å². The van der Waals surface area contributed by atoms with Crippen molar-refractivity contribution in [2.45, 2.75) is 26.2 Å². The molecule has 1 saturated heterocycles. The molecular weight excluding hydrogens is 324 g/mol. The lowest BCUT2D eigenvalue weighted by Gasteiger charge is -2.22. The fraction of sp³-hybridized carbons (Fsp3) is 0.438. The first-order valence-corrected chi connectivity index (χ1v) is 8.25. The standard InChI is InChI=1S/C16H20N6O3/c1-2-25-16(24)10-15(23)18-13-9-12(22-11-17-19-20-22)5-6-14(13)21-7-3-4-8-21/h5-6,9,11H,2-4,7-8,10H2,1H3,(H,18,23). The van der Waals surface area contributed by atoms with Crippen molar-refractivity contribution in [3.63, 3.8) is 0 Å². The molecule has 2 aromatic rings. The van der Waals surface area contributed by atoms with Crippen LogP contribution in [0, 0.1) is 0 Å². The van der Waals surface area contributed by atoms with Crippen molar-refractivity contribution >= 4 is 23.3 Å². The normalized spacial score (nSPS) is 13.7. The second kappa shape index (κ2) is 7.73. The molecule has 3 rings (SSSR count). The molecule has 0 radical (unpaired) electrons. The van der Waals surface area contributed by atoms with E-state index in [-0.39, 0.29) is 13.0 Å². The Morgan fingerprint density at radius 3 is 2.76 bits per heavy atom. The van der Waals surface area contributed by atoms with Crippen LogP contribution in [0.4, 0.5) is 11.4 Å². The van der Waals surface area contributed by atoms with E-state index in [0.717, 1.165) is 37.3 Å². The molecule has 1 aromatic heterocycles. The van der Waals surface area contributed by atoms with Gasteiger partial charge < -0.3 is 15.0 Å². The Kier molecular flexibility index (Phi) is 5.22. The third kappa shape index (κ3) is 4.11. The van der Waals surface area contributed by atoms with Gasteiger partial charge in [-0.1, -0.05) is 0 Å². The third-order valence-corrected chi connectivity index (χ3v) is 3.92. The summed E-state index contributed by atoms with van der Waals surface area (Å²) in [5.41, 5.74) is 2.27. The second-order valence-electron chi connectivity index (χ2n) is 5.68. The Hall–Kier alpha value is -2.97. The van der Waals surface area contributed by atoms with Gasteiger partial charge in [0.05, 0.1) is 23.7 Å². The molecule has 1 aliphatic heterocycles. The van der Waals surface area contributed by atoms with Crippen LogP contribution in [0.5, 0.6) is 0 Å². The number of rotatable bonds is 6. The van der Waals surface area contributed by atoms with Crippen LogP contribution in [-0.2, 0) is 14.3 Å². The Balaban J connectivity index is 1.84. The van der Waals surface area contributed by atoms with Gasteiger partial charge in [-0.25, -0.2) is 4.68 Å². The van der Waals surface area contributed by atoms with Gasteiger partial charge in [-0.15, -0.1) is 5.10 Å². The van der Waals surface area contributed by atoms with Crippen LogP contribution < -0.4 is 10.2 Å². The highest BCUT2D eigenvalue weighted by molar-refractivity contribution is 6.03. The lowest BCUT2D eigenvalue weighted by atomic mass is 10.2. The minimum absolute atomic E-state index is 0.250. The van der Waals surface area contributed by atoms with Crippen molar-refractivity contribution in [3.8, 4) is 5.69 Å². The molecule has 9 heteroatoms. The Bertz CT molecular complexity index is 740. The fourth-order valence-corrected chi connectivity index (χ4v) is 2.82. The first-order chi connectivity index (χ1) is 12.2. The smallest absolute Gasteiger partial charge is 0.315 e. The second-order valence-corrected chi connectivity index (χ2v) is 5.68. The van der Waals surface area contributed by atoms with Gasteiger partial charge in [0.25, 0.3) is 0 Å². The van der Waals surface area contributed by atoms with E-state index in [0.29, 0.717) is 5.69 Å². The van der Waals surface area contributed by atoms with Gasteiger partial charge >= 0.3 is 5.97 Å². The zero-order chi connectivity index (χ0) is 17.6. The van der Waals surface area contributed by atoms with Crippen LogP contribution in [0.3, 0.4) is 0 Å². The summed E-state index contributed by atoms with van der Waals surface area (Å²) < 4.78 is 6.33. The average molecular weight is 344 g/mol. The molecule has 0 unspecified atom stereocenters. The SMILES string of the molecule is CCOC(=O)CC(=O)Nc1cc(-n2cnnn2)ccc1N1CCCC1. The number of ether oxygens (including phenoxy) is 1. The highest BCUT2D eigenvalue weighted by atomic mass is 16.5. The van der Waals surface area contributed by atoms with Crippen LogP contribution in [0.2, 0.25) is 0 Å². The van der Waals surface area contributed by atoms with Crippen LogP contribution in [0.15, 0.2) is 24.5 Å². The molecule has 0 atom stereocenters. The van der Waals surface area contributed by atoms with Crippen LogP contribution in [0.25, 0.3) is 5.69 Å². The molecule has 0 spiro atoms. The number of aromatic nitrogens is 4. The fourth-order valence-electron chi connectivity index (χ4n) is 2.82. The van der Waals surface area contributed by atoms with Gasteiger partial charge in [0.1, 0.15) is 12.7 Å². The van der Waals surface area contributed by atoms with E-state index < -0.39 is 11.9 Å². The van der Waals surface area contributed by atoms with Crippen molar-refractivity contribution < 1.29 is 14.3 Å².